The van der Waals surface area contributed by atoms with Crippen LogP contribution in [0.4, 0.5) is 0 Å². The Kier molecular flexibility index (Phi) is 1.01. The molecule has 1 N–H and O–H groups in total. The molecule has 1 saturated carbocycles. The van der Waals surface area contributed by atoms with E-state index in [1.165, 1.54) is 25.2 Å². The Hall–Kier alpha value is -0.860. The molecule has 1 aliphatic carbocycles. The first-order valence-electron chi connectivity index (χ1n) is 3.18. The number of aromatic amines is 1. The van der Waals surface area contributed by atoms with Crippen LogP contribution in [0.2, 0.25) is 0 Å². The summed E-state index contributed by atoms with van der Waals surface area (Å²) in [5.74, 6) is 1.45. The zero-order valence-corrected chi connectivity index (χ0v) is 5.09. The summed E-state index contributed by atoms with van der Waals surface area (Å²) in [7, 11) is 0. The monoisotopic (exact) mass is 122 g/mol. The van der Waals surface area contributed by atoms with E-state index in [1.807, 2.05) is 6.20 Å². The van der Waals surface area contributed by atoms with Crippen LogP contribution < -0.4 is 0 Å². The standard InChI is InChI=1S/C6H8N3/c1-2-5(3-1)6-4-7-9-8-6/h4H,1-3H2,(H,7,8,9). The Balaban J connectivity index is 2.14. The van der Waals surface area contributed by atoms with E-state index >= 15 is 0 Å². The second-order valence-electron chi connectivity index (χ2n) is 2.32. The first kappa shape index (κ1) is 4.97. The highest BCUT2D eigenvalue weighted by Crippen LogP contribution is 2.33. The molecule has 1 aromatic heterocycles. The minimum Gasteiger partial charge on any atom is -0.265 e. The third-order valence-corrected chi connectivity index (χ3v) is 1.74. The highest BCUT2D eigenvalue weighted by atomic mass is 15.3. The average molecular weight is 122 g/mol. The lowest BCUT2D eigenvalue weighted by Crippen LogP contribution is -2.09. The van der Waals surface area contributed by atoms with E-state index < -0.39 is 0 Å². The van der Waals surface area contributed by atoms with Crippen LogP contribution in [0, 0.1) is 5.92 Å². The van der Waals surface area contributed by atoms with Crippen molar-refractivity contribution in [2.45, 2.75) is 19.3 Å². The second kappa shape index (κ2) is 1.83. The molecule has 0 aliphatic heterocycles. The van der Waals surface area contributed by atoms with Gasteiger partial charge in [-0.25, -0.2) is 0 Å². The summed E-state index contributed by atoms with van der Waals surface area (Å²) in [4.78, 5) is 0. The van der Waals surface area contributed by atoms with Gasteiger partial charge < -0.3 is 0 Å². The molecule has 3 heteroatoms. The van der Waals surface area contributed by atoms with Crippen LogP contribution in [0.1, 0.15) is 25.0 Å². The Morgan fingerprint density at radius 1 is 1.44 bits per heavy atom. The molecule has 0 spiro atoms. The van der Waals surface area contributed by atoms with Crippen LogP contribution in [-0.4, -0.2) is 15.4 Å². The van der Waals surface area contributed by atoms with Crippen LogP contribution >= 0.6 is 0 Å². The molecule has 0 atom stereocenters. The van der Waals surface area contributed by atoms with E-state index in [-0.39, 0.29) is 0 Å². The lowest BCUT2D eigenvalue weighted by molar-refractivity contribution is 0.568. The Bertz CT molecular complexity index is 176. The maximum absolute atomic E-state index is 3.90. The van der Waals surface area contributed by atoms with E-state index in [0.717, 1.165) is 5.69 Å². The number of aromatic nitrogens is 3. The van der Waals surface area contributed by atoms with Gasteiger partial charge in [-0.05, 0) is 12.8 Å². The van der Waals surface area contributed by atoms with Crippen molar-refractivity contribution < 1.29 is 0 Å². The molecule has 9 heavy (non-hydrogen) atoms. The summed E-state index contributed by atoms with van der Waals surface area (Å²) in [5.41, 5.74) is 1.06. The number of hydrogen-bond donors (Lipinski definition) is 1. The maximum Gasteiger partial charge on any atom is 0.0895 e. The van der Waals surface area contributed by atoms with Crippen molar-refractivity contribution in [3.63, 3.8) is 0 Å². The average Bonchev–Trinajstić information content (AvgIpc) is 2.11. The lowest BCUT2D eigenvalue weighted by atomic mass is 9.83. The number of H-pyrrole nitrogens is 1. The van der Waals surface area contributed by atoms with E-state index in [9.17, 15) is 0 Å². The highest BCUT2D eigenvalue weighted by molar-refractivity contribution is 5.22. The lowest BCUT2D eigenvalue weighted by Gasteiger charge is -2.21. The van der Waals surface area contributed by atoms with Gasteiger partial charge in [0, 0.05) is 12.1 Å². The number of nitrogens with one attached hydrogen (secondary N) is 1. The SMILES string of the molecule is c1[nH]nnc1[C]1CCC1. The van der Waals surface area contributed by atoms with E-state index in [1.54, 1.807) is 0 Å². The molecule has 0 bridgehead atoms. The topological polar surface area (TPSA) is 41.6 Å². The zero-order chi connectivity index (χ0) is 6.10. The van der Waals surface area contributed by atoms with Crippen LogP contribution in [0.5, 0.6) is 0 Å². The molecule has 0 aromatic carbocycles. The van der Waals surface area contributed by atoms with E-state index in [4.69, 9.17) is 0 Å². The minimum absolute atomic E-state index is 1.06. The van der Waals surface area contributed by atoms with Crippen LogP contribution in [0.25, 0.3) is 0 Å². The Morgan fingerprint density at radius 3 is 2.78 bits per heavy atom. The van der Waals surface area contributed by atoms with Crippen molar-refractivity contribution in [1.82, 2.24) is 15.4 Å². The van der Waals surface area contributed by atoms with Crippen molar-refractivity contribution in [2.75, 3.05) is 0 Å². The smallest absolute Gasteiger partial charge is 0.0895 e. The molecule has 0 amide bonds. The van der Waals surface area contributed by atoms with E-state index in [0.29, 0.717) is 0 Å². The van der Waals surface area contributed by atoms with Crippen molar-refractivity contribution >= 4 is 0 Å². The maximum atomic E-state index is 3.90. The van der Waals surface area contributed by atoms with Gasteiger partial charge in [-0.1, -0.05) is 11.6 Å². The second-order valence-corrected chi connectivity index (χ2v) is 2.32. The normalized spacial score (nSPS) is 19.6. The Morgan fingerprint density at radius 2 is 2.33 bits per heavy atom. The largest absolute Gasteiger partial charge is 0.265 e. The third kappa shape index (κ3) is 0.724. The van der Waals surface area contributed by atoms with Crippen LogP contribution in [0.3, 0.4) is 0 Å². The van der Waals surface area contributed by atoms with Crippen molar-refractivity contribution in [1.29, 1.82) is 0 Å². The van der Waals surface area contributed by atoms with Gasteiger partial charge >= 0.3 is 0 Å². The quantitative estimate of drug-likeness (QED) is 0.601. The number of rotatable bonds is 1. The molecular weight excluding hydrogens is 114 g/mol. The number of nitrogens with zero attached hydrogens (tertiary/aromatic N) is 2. The Labute approximate surface area is 53.5 Å². The van der Waals surface area contributed by atoms with Crippen molar-refractivity contribution in [3.05, 3.63) is 17.8 Å². The van der Waals surface area contributed by atoms with Gasteiger partial charge in [0.1, 0.15) is 0 Å². The van der Waals surface area contributed by atoms with Gasteiger partial charge in [0.15, 0.2) is 0 Å². The molecule has 1 fully saturated rings. The summed E-state index contributed by atoms with van der Waals surface area (Å²) in [6.07, 6.45) is 5.61. The predicted octanol–water partition coefficient (Wildman–Crippen LogP) is 0.911. The van der Waals surface area contributed by atoms with Gasteiger partial charge in [-0.2, -0.15) is 0 Å². The first-order valence-corrected chi connectivity index (χ1v) is 3.18. The molecule has 1 heterocycles. The van der Waals surface area contributed by atoms with Gasteiger partial charge in [-0.15, -0.1) is 5.10 Å². The summed E-state index contributed by atoms with van der Waals surface area (Å²) < 4.78 is 0. The summed E-state index contributed by atoms with van der Waals surface area (Å²) >= 11 is 0. The van der Waals surface area contributed by atoms with Gasteiger partial charge in [-0.3, -0.25) is 5.10 Å². The molecular formula is C6H8N3. The molecule has 1 radical (unpaired) electrons. The summed E-state index contributed by atoms with van der Waals surface area (Å²) in [5, 5.41) is 10.2. The number of hydrogen-bond acceptors (Lipinski definition) is 2. The summed E-state index contributed by atoms with van der Waals surface area (Å²) in [6, 6.07) is 0. The van der Waals surface area contributed by atoms with Crippen LogP contribution in [0.15, 0.2) is 6.20 Å². The van der Waals surface area contributed by atoms with Gasteiger partial charge in [0.05, 0.1) is 5.69 Å². The zero-order valence-electron chi connectivity index (χ0n) is 5.09. The fourth-order valence-corrected chi connectivity index (χ4v) is 0.984. The van der Waals surface area contributed by atoms with Crippen molar-refractivity contribution in [2.24, 2.45) is 0 Å². The molecule has 1 aliphatic rings. The van der Waals surface area contributed by atoms with E-state index in [2.05, 4.69) is 15.4 Å². The molecule has 1 aromatic rings. The highest BCUT2D eigenvalue weighted by Gasteiger charge is 2.21. The molecule has 0 saturated heterocycles. The first-order chi connectivity index (χ1) is 4.47. The van der Waals surface area contributed by atoms with Gasteiger partial charge in [0.25, 0.3) is 0 Å². The van der Waals surface area contributed by atoms with Crippen LogP contribution in [-0.2, 0) is 0 Å². The predicted molar refractivity (Wildman–Crippen MR) is 32.6 cm³/mol. The summed E-state index contributed by atoms with van der Waals surface area (Å²) in [6.45, 7) is 0. The van der Waals surface area contributed by atoms with Crippen molar-refractivity contribution in [3.8, 4) is 0 Å². The minimum atomic E-state index is 1.06. The molecule has 2 rings (SSSR count). The van der Waals surface area contributed by atoms with Gasteiger partial charge in [0.2, 0.25) is 0 Å². The molecule has 3 nitrogen and oxygen atoms in total. The molecule has 0 unspecified atom stereocenters. The fraction of sp³-hybridized carbons (Fsp3) is 0.500. The fourth-order valence-electron chi connectivity index (χ4n) is 0.984. The molecule has 47 valence electrons. The third-order valence-electron chi connectivity index (χ3n) is 1.74.